The first-order chi connectivity index (χ1) is 59.9. The minimum Gasteiger partial charge on any atom is -0.480 e. The number of carbonyl (C=O) groups is 17. The zero-order valence-electron chi connectivity index (χ0n) is 76.9. The van der Waals surface area contributed by atoms with E-state index in [1.165, 1.54) is 98.8 Å². The van der Waals surface area contributed by atoms with E-state index in [2.05, 4.69) is 53.2 Å². The molecule has 1 aromatic heterocycles. The zero-order valence-corrected chi connectivity index (χ0v) is 77.7. The van der Waals surface area contributed by atoms with E-state index in [0.717, 1.165) is 11.1 Å². The summed E-state index contributed by atoms with van der Waals surface area (Å²) < 4.78 is 0. The predicted octanol–water partition coefficient (Wildman–Crippen LogP) is 12.6. The van der Waals surface area contributed by atoms with Gasteiger partial charge in [-0.05, 0) is 148 Å². The molecular formula is C93H123N15O21S. The molecular weight excluding hydrogens is 1700 g/mol. The smallest absolute Gasteiger partial charge is 0.326 e. The number of Topliss-reactive ketones (excluding diaryl/α,β-unsaturated/α-hetero) is 3. The van der Waals surface area contributed by atoms with E-state index in [1.807, 2.05) is 38.1 Å². The van der Waals surface area contributed by atoms with Crippen LogP contribution in [0.5, 0.6) is 0 Å². The lowest BCUT2D eigenvalue weighted by Gasteiger charge is -2.19. The van der Waals surface area contributed by atoms with Crippen LogP contribution < -0.4 is 81.8 Å². The van der Waals surface area contributed by atoms with Crippen molar-refractivity contribution in [3.05, 3.63) is 171 Å². The normalized spacial score (nSPS) is 12.0. The Morgan fingerprint density at radius 1 is 0.338 bits per heavy atom. The lowest BCUT2D eigenvalue weighted by Crippen LogP contribution is -2.42. The summed E-state index contributed by atoms with van der Waals surface area (Å²) in [6.07, 6.45) is 1.19. The summed E-state index contributed by atoms with van der Waals surface area (Å²) >= 11 is 1.27. The highest BCUT2D eigenvalue weighted by Crippen LogP contribution is 2.31. The molecule has 702 valence electrons. The van der Waals surface area contributed by atoms with Crippen molar-refractivity contribution in [1.29, 1.82) is 0 Å². The number of carbonyl (C=O) groups excluding carboxylic acids is 13. The van der Waals surface area contributed by atoms with Crippen LogP contribution in [0, 0.1) is 34.0 Å². The third-order valence-corrected chi connectivity index (χ3v) is 19.3. The summed E-state index contributed by atoms with van der Waals surface area (Å²) in [5, 5.41) is 64.7. The Hall–Kier alpha value is -14.4. The highest BCUT2D eigenvalue weighted by atomic mass is 32.1. The molecule has 0 saturated heterocycles. The molecule has 0 spiro atoms. The van der Waals surface area contributed by atoms with Crippen LogP contribution in [0.15, 0.2) is 127 Å². The fraction of sp³-hybridized carbons (Fsp3) is 0.387. The van der Waals surface area contributed by atoms with Crippen LogP contribution >= 0.6 is 11.3 Å². The fourth-order valence-electron chi connectivity index (χ4n) is 10.5. The van der Waals surface area contributed by atoms with Gasteiger partial charge in [-0.2, -0.15) is 0 Å². The van der Waals surface area contributed by atoms with Crippen molar-refractivity contribution < 1.29 is 102 Å². The van der Waals surface area contributed by atoms with Gasteiger partial charge in [0.2, 0.25) is 29.5 Å². The number of aryl methyl sites for hydroxylation is 1. The molecule has 7 aromatic rings. The molecule has 0 radical (unpaired) electrons. The molecule has 4 atom stereocenters. The van der Waals surface area contributed by atoms with Gasteiger partial charge in [0.05, 0.1) is 33.3 Å². The Kier molecular flexibility index (Phi) is 41.0. The second-order valence-electron chi connectivity index (χ2n) is 35.7. The number of amides is 10. The number of aliphatic carboxylic acids is 4. The highest BCUT2D eigenvalue weighted by molar-refractivity contribution is 7.12. The van der Waals surface area contributed by atoms with E-state index in [0.29, 0.717) is 63.1 Å². The number of nitrogens with two attached hydrogens (primary N) is 5. The average Bonchev–Trinajstić information content (AvgIpc) is 1.19. The minimum atomic E-state index is -1.23. The summed E-state index contributed by atoms with van der Waals surface area (Å²) in [6, 6.07) is 26.8. The molecule has 0 saturated carbocycles. The number of hydrogen-bond acceptors (Lipinski definition) is 23. The Morgan fingerprint density at radius 2 is 0.638 bits per heavy atom. The molecule has 0 aliphatic heterocycles. The molecule has 36 nitrogen and oxygen atoms in total. The molecule has 10 amide bonds. The topological polar surface area (TPSA) is 622 Å². The number of anilines is 11. The molecule has 4 unspecified atom stereocenters. The Bertz CT molecular complexity index is 5340. The van der Waals surface area contributed by atoms with Crippen LogP contribution in [0.2, 0.25) is 0 Å². The third-order valence-electron chi connectivity index (χ3n) is 18.3. The van der Waals surface area contributed by atoms with Crippen LogP contribution in [0.4, 0.5) is 62.6 Å². The average molecular weight is 1820 g/mol. The SMILES string of the molecule is CC(=O)CCC(NC(=O)c1cc(N)cc(NC(=O)C(C)(C)C)c1)C(=O)O.CC(=O)CCC(NC(=O)c1ccc(N)c(NC(=O)C(C)(C)C)c1)C(=O)O.CC(=O)c1sccc1NC(=O)c1ccc(N)c(NC(=O)C(C)(C)C)c1.CCCC(NC(=O)c1cc(N)cc(NC(=O)C(C)(C)C)c1)C(=O)O.Cc1ccc(CC(NC(=O)c2cc(N)cc(NC(=O)C(C)(C)C)c2)C(=O)O)cc1. The van der Waals surface area contributed by atoms with Crippen LogP contribution in [-0.2, 0) is 59.2 Å². The van der Waals surface area contributed by atoms with Crippen molar-refractivity contribution >= 4 is 174 Å². The first-order valence-electron chi connectivity index (χ1n) is 41.1. The standard InChI is InChI=1S/C22H27N3O4.2C18H25N3O5.C18H21N3O3S.C17H25N3O4/c1-13-5-7-14(8-6-13)9-18(20(27)28)25-19(26)15-10-16(23)12-17(11-15)24-21(29)22(2,3)4;1-10(22)5-8-13(16(24)25)20-15(23)11-6-7-12(19)14(9-11)21-17(26)18(2,3)4;1-10(22)5-6-14(16(24)25)21-15(23)11-7-12(19)9-13(8-11)20-17(26)18(2,3)4;1-10(22)15-13(7-8-25-15)20-16(23)11-5-6-12(19)14(9-11)21-17(24)18(2,3)4;1-5-6-13(15(22)23)20-14(21)10-7-11(18)9-12(8-10)19-16(24)17(2,3)4/h5-8,10-12,18H,9,23H2,1-4H3,(H,24,29)(H,25,26)(H,27,28);6-7,9,13H,5,8,19H2,1-4H3,(H,20,23)(H,21,26)(H,24,25);7-9,14H,5-6,19H2,1-4H3,(H,20,26)(H,21,23)(H,24,25);5-9H,19H2,1-4H3,(H,20,23)(H,21,24);7-9,13H,5-6,18H2,1-4H3,(H,19,24)(H,20,21)(H,22,23). The van der Waals surface area contributed by atoms with Crippen LogP contribution in [0.1, 0.15) is 243 Å². The van der Waals surface area contributed by atoms with E-state index in [-0.39, 0.29) is 130 Å². The maximum absolute atomic E-state index is 12.6. The number of nitrogens with one attached hydrogen (secondary N) is 10. The number of nitrogen functional groups attached to an aromatic ring is 5. The summed E-state index contributed by atoms with van der Waals surface area (Å²) in [6.45, 7) is 34.3. The van der Waals surface area contributed by atoms with Gasteiger partial charge in [-0.25, -0.2) is 19.2 Å². The highest BCUT2D eigenvalue weighted by Gasteiger charge is 2.31. The van der Waals surface area contributed by atoms with E-state index >= 15 is 0 Å². The zero-order chi connectivity index (χ0) is 99.2. The Morgan fingerprint density at radius 3 is 0.938 bits per heavy atom. The molecule has 0 aliphatic carbocycles. The first kappa shape index (κ1) is 110. The van der Waals surface area contributed by atoms with Crippen LogP contribution in [-0.4, -0.2) is 145 Å². The van der Waals surface area contributed by atoms with E-state index in [1.54, 1.807) is 140 Å². The van der Waals surface area contributed by atoms with Gasteiger partial charge in [0.25, 0.3) is 29.5 Å². The lowest BCUT2D eigenvalue weighted by atomic mass is 9.95. The maximum atomic E-state index is 12.6. The monoisotopic (exact) mass is 1820 g/mol. The molecule has 0 bridgehead atoms. The molecule has 1 heterocycles. The van der Waals surface area contributed by atoms with E-state index < -0.39 is 98.7 Å². The number of carboxylic acids is 4. The van der Waals surface area contributed by atoms with Crippen molar-refractivity contribution in [2.24, 2.45) is 27.1 Å². The van der Waals surface area contributed by atoms with Crippen molar-refractivity contribution in [2.45, 2.75) is 208 Å². The van der Waals surface area contributed by atoms with Gasteiger partial charge in [0.1, 0.15) is 35.7 Å². The van der Waals surface area contributed by atoms with Crippen molar-refractivity contribution in [3.63, 3.8) is 0 Å². The lowest BCUT2D eigenvalue weighted by molar-refractivity contribution is -0.140. The van der Waals surface area contributed by atoms with Gasteiger partial charge in [-0.3, -0.25) is 52.7 Å². The molecule has 24 N–H and O–H groups in total. The first-order valence-corrected chi connectivity index (χ1v) is 42.0. The van der Waals surface area contributed by atoms with Gasteiger partial charge >= 0.3 is 23.9 Å². The van der Waals surface area contributed by atoms with E-state index in [4.69, 9.17) is 33.8 Å². The molecule has 130 heavy (non-hydrogen) atoms. The number of thiophene rings is 1. The van der Waals surface area contributed by atoms with Crippen molar-refractivity contribution in [1.82, 2.24) is 21.3 Å². The minimum absolute atomic E-state index is 0.000996. The molecule has 0 aliphatic rings. The Labute approximate surface area is 759 Å². The van der Waals surface area contributed by atoms with Gasteiger partial charge in [0, 0.05) is 115 Å². The predicted molar refractivity (Wildman–Crippen MR) is 502 cm³/mol. The number of carboxylic acid groups (broad SMARTS) is 4. The number of benzene rings is 6. The van der Waals surface area contributed by atoms with Gasteiger partial charge in [-0.15, -0.1) is 11.3 Å². The molecule has 7 rings (SSSR count). The van der Waals surface area contributed by atoms with Crippen LogP contribution in [0.3, 0.4) is 0 Å². The summed E-state index contributed by atoms with van der Waals surface area (Å²) in [5.41, 5.74) is 32.6. The second-order valence-corrected chi connectivity index (χ2v) is 36.7. The maximum Gasteiger partial charge on any atom is 0.326 e. The van der Waals surface area contributed by atoms with Crippen LogP contribution in [0.25, 0.3) is 0 Å². The molecule has 0 fully saturated rings. The molecule has 6 aromatic carbocycles. The summed E-state index contributed by atoms with van der Waals surface area (Å²) in [5.74, 6) is -9.07. The van der Waals surface area contributed by atoms with E-state index in [9.17, 15) is 96.8 Å². The van der Waals surface area contributed by atoms with Crippen molar-refractivity contribution in [3.8, 4) is 0 Å². The largest absolute Gasteiger partial charge is 0.480 e. The number of rotatable bonds is 30. The summed E-state index contributed by atoms with van der Waals surface area (Å²) in [4.78, 5) is 202. The van der Waals surface area contributed by atoms with Gasteiger partial charge in [0.15, 0.2) is 5.78 Å². The summed E-state index contributed by atoms with van der Waals surface area (Å²) in [7, 11) is 0. The fourth-order valence-corrected chi connectivity index (χ4v) is 11.3. The third kappa shape index (κ3) is 38.0. The number of hydrogen-bond donors (Lipinski definition) is 19. The van der Waals surface area contributed by atoms with Gasteiger partial charge < -0.3 is 112 Å². The quantitative estimate of drug-likeness (QED) is 0.0147. The molecule has 37 heteroatoms. The van der Waals surface area contributed by atoms with Gasteiger partial charge in [-0.1, -0.05) is 147 Å². The van der Waals surface area contributed by atoms with Crippen molar-refractivity contribution in [2.75, 3.05) is 60.6 Å². The Balaban J connectivity index is 0.000000419. The number of ketones is 3. The second kappa shape index (κ2) is 48.5.